The predicted molar refractivity (Wildman–Crippen MR) is 154 cm³/mol. The van der Waals surface area contributed by atoms with Crippen LogP contribution in [0.15, 0.2) is 36.5 Å². The lowest BCUT2D eigenvalue weighted by atomic mass is 10.0. The van der Waals surface area contributed by atoms with Crippen LogP contribution >= 0.6 is 11.6 Å². The van der Waals surface area contributed by atoms with E-state index in [1.807, 2.05) is 17.8 Å². The Morgan fingerprint density at radius 3 is 2.80 bits per heavy atom. The molecule has 4 heterocycles. The molecule has 0 amide bonds. The Balaban J connectivity index is 1.48. The number of ether oxygens (including phenoxy) is 1. The van der Waals surface area contributed by atoms with E-state index in [2.05, 4.69) is 33.1 Å². The average Bonchev–Trinajstić information content (AvgIpc) is 3.61. The molecule has 6 rings (SSSR count). The third kappa shape index (κ3) is 5.16. The Hall–Kier alpha value is -3.94. The van der Waals surface area contributed by atoms with Gasteiger partial charge in [-0.15, -0.1) is 0 Å². The quantitative estimate of drug-likeness (QED) is 0.173. The van der Waals surface area contributed by atoms with Crippen molar-refractivity contribution in [1.29, 1.82) is 5.26 Å². The Morgan fingerprint density at radius 2 is 2.05 bits per heavy atom. The lowest BCUT2D eigenvalue weighted by Gasteiger charge is -2.18. The molecule has 4 aromatic rings. The van der Waals surface area contributed by atoms with E-state index in [9.17, 15) is 9.65 Å². The summed E-state index contributed by atoms with van der Waals surface area (Å²) >= 11 is 6.35. The van der Waals surface area contributed by atoms with E-state index in [-0.39, 0.29) is 34.2 Å². The topological polar surface area (TPSA) is 81.2 Å². The van der Waals surface area contributed by atoms with Gasteiger partial charge in [0.1, 0.15) is 29.0 Å². The average molecular weight is 577 g/mol. The Labute approximate surface area is 241 Å². The van der Waals surface area contributed by atoms with E-state index in [0.29, 0.717) is 47.2 Å². The van der Waals surface area contributed by atoms with E-state index in [1.54, 1.807) is 29.2 Å². The zero-order valence-corrected chi connectivity index (χ0v) is 23.6. The summed E-state index contributed by atoms with van der Waals surface area (Å²) in [6.07, 6.45) is 8.64. The van der Waals surface area contributed by atoms with Gasteiger partial charge in [-0.1, -0.05) is 35.9 Å². The van der Waals surface area contributed by atoms with Gasteiger partial charge in [0.25, 0.3) is 0 Å². The van der Waals surface area contributed by atoms with Gasteiger partial charge in [0, 0.05) is 47.2 Å². The van der Waals surface area contributed by atoms with Gasteiger partial charge in [0.15, 0.2) is 12.0 Å². The Bertz CT molecular complexity index is 1720. The molecule has 11 heteroatoms. The third-order valence-corrected chi connectivity index (χ3v) is 8.41. The van der Waals surface area contributed by atoms with E-state index >= 15 is 4.39 Å². The number of pyridine rings is 1. The van der Waals surface area contributed by atoms with Gasteiger partial charge < -0.3 is 14.5 Å². The number of fused-ring (bicyclic) bond motifs is 2. The molecule has 1 unspecified atom stereocenters. The van der Waals surface area contributed by atoms with Crippen LogP contribution in [0.3, 0.4) is 0 Å². The lowest BCUT2D eigenvalue weighted by molar-refractivity contribution is -0.405. The molecule has 41 heavy (non-hydrogen) atoms. The fourth-order valence-corrected chi connectivity index (χ4v) is 6.07. The summed E-state index contributed by atoms with van der Waals surface area (Å²) in [4.78, 5) is 17.6. The van der Waals surface area contributed by atoms with E-state index in [0.717, 1.165) is 25.8 Å². The van der Waals surface area contributed by atoms with Crippen LogP contribution in [0, 0.1) is 29.0 Å². The highest BCUT2D eigenvalue weighted by Gasteiger charge is 2.29. The molecule has 0 N–H and O–H groups in total. The minimum Gasteiger partial charge on any atom is -0.443 e. The molecule has 0 aliphatic carbocycles. The van der Waals surface area contributed by atoms with Crippen molar-refractivity contribution in [3.8, 4) is 23.5 Å². The van der Waals surface area contributed by atoms with Crippen LogP contribution < -0.4 is 4.74 Å². The highest BCUT2D eigenvalue weighted by Crippen LogP contribution is 2.38. The number of hydrogen-bond acceptors (Lipinski definition) is 7. The van der Waals surface area contributed by atoms with Gasteiger partial charge in [-0.25, -0.2) is 13.4 Å². The van der Waals surface area contributed by atoms with Crippen LogP contribution in [0.1, 0.15) is 19.3 Å². The van der Waals surface area contributed by atoms with Gasteiger partial charge in [-0.3, -0.25) is 4.98 Å². The molecule has 0 bridgehead atoms. The van der Waals surface area contributed by atoms with Crippen LogP contribution in [0.2, 0.25) is 5.02 Å². The summed E-state index contributed by atoms with van der Waals surface area (Å²) in [5, 5.41) is 10.6. The molecule has 0 radical (unpaired) electrons. The maximum absolute atomic E-state index is 16.4. The SMILES string of the molecule is CN1CCC[C@H]1COc1nc([N+](C)=CC2CCN(C#N)C2)c2cnc(-c3cccc4ccc(F)c(Cl)c34)c(F)c2n1. The first-order valence-electron chi connectivity index (χ1n) is 13.6. The van der Waals surface area contributed by atoms with Crippen LogP contribution in [0.25, 0.3) is 32.9 Å². The summed E-state index contributed by atoms with van der Waals surface area (Å²) in [5.41, 5.74) is 0.419. The molecule has 2 aromatic heterocycles. The number of benzene rings is 2. The minimum atomic E-state index is -0.674. The highest BCUT2D eigenvalue weighted by molar-refractivity contribution is 6.36. The van der Waals surface area contributed by atoms with Crippen molar-refractivity contribution in [3.05, 3.63) is 53.2 Å². The van der Waals surface area contributed by atoms with E-state index in [4.69, 9.17) is 16.3 Å². The zero-order chi connectivity index (χ0) is 28.7. The Morgan fingerprint density at radius 1 is 1.20 bits per heavy atom. The van der Waals surface area contributed by atoms with Crippen molar-refractivity contribution in [2.24, 2.45) is 5.92 Å². The van der Waals surface area contributed by atoms with Crippen LogP contribution in [-0.2, 0) is 0 Å². The smallest absolute Gasteiger partial charge is 0.434 e. The number of aromatic nitrogens is 3. The summed E-state index contributed by atoms with van der Waals surface area (Å²) in [6, 6.07) is 8.39. The van der Waals surface area contributed by atoms with Crippen molar-refractivity contribution >= 4 is 45.3 Å². The first kappa shape index (κ1) is 27.2. The second kappa shape index (κ2) is 11.1. The number of likely N-dealkylation sites (N-methyl/N-ethyl adjacent to an activating group) is 1. The first-order valence-corrected chi connectivity index (χ1v) is 14.0. The number of likely N-dealkylation sites (tertiary alicyclic amines) is 2. The zero-order valence-electron chi connectivity index (χ0n) is 22.8. The van der Waals surface area contributed by atoms with E-state index < -0.39 is 11.6 Å². The normalized spacial score (nSPS) is 19.8. The monoisotopic (exact) mass is 576 g/mol. The van der Waals surface area contributed by atoms with Crippen molar-refractivity contribution in [2.75, 3.05) is 40.3 Å². The molecule has 2 aliphatic heterocycles. The highest BCUT2D eigenvalue weighted by atomic mass is 35.5. The largest absolute Gasteiger partial charge is 0.443 e. The molecule has 2 saturated heterocycles. The van der Waals surface area contributed by atoms with Crippen LogP contribution in [-0.4, -0.2) is 81.9 Å². The van der Waals surface area contributed by atoms with Gasteiger partial charge in [-0.2, -0.15) is 10.2 Å². The molecular formula is C30H29ClF2N7O+. The van der Waals surface area contributed by atoms with Gasteiger partial charge >= 0.3 is 11.8 Å². The molecule has 8 nitrogen and oxygen atoms in total. The summed E-state index contributed by atoms with van der Waals surface area (Å²) < 4.78 is 38.7. The second-order valence-corrected chi connectivity index (χ2v) is 11.1. The number of rotatable bonds is 6. The fraction of sp³-hybridized carbons (Fsp3) is 0.367. The minimum absolute atomic E-state index is 0.00816. The summed E-state index contributed by atoms with van der Waals surface area (Å²) in [5.74, 6) is -0.693. The molecule has 0 spiro atoms. The van der Waals surface area contributed by atoms with Crippen molar-refractivity contribution in [2.45, 2.75) is 25.3 Å². The van der Waals surface area contributed by atoms with Crippen molar-refractivity contribution in [3.63, 3.8) is 0 Å². The number of nitrogens with zero attached hydrogens (tertiary/aromatic N) is 7. The van der Waals surface area contributed by atoms with Crippen LogP contribution in [0.5, 0.6) is 6.01 Å². The van der Waals surface area contributed by atoms with Crippen molar-refractivity contribution in [1.82, 2.24) is 24.8 Å². The molecule has 0 saturated carbocycles. The maximum Gasteiger partial charge on any atom is 0.434 e. The Kier molecular flexibility index (Phi) is 7.41. The molecule has 2 aliphatic rings. The van der Waals surface area contributed by atoms with E-state index in [1.165, 1.54) is 12.3 Å². The third-order valence-electron chi connectivity index (χ3n) is 8.04. The number of nitriles is 1. The van der Waals surface area contributed by atoms with Gasteiger partial charge in [0.05, 0.1) is 18.3 Å². The number of hydrogen-bond donors (Lipinski definition) is 0. The lowest BCUT2D eigenvalue weighted by Crippen LogP contribution is -2.31. The molecule has 2 aromatic carbocycles. The molecule has 210 valence electrons. The van der Waals surface area contributed by atoms with Gasteiger partial charge in [-0.05, 0) is 44.3 Å². The van der Waals surface area contributed by atoms with Gasteiger partial charge in [0.2, 0.25) is 0 Å². The summed E-state index contributed by atoms with van der Waals surface area (Å²) in [7, 11) is 3.89. The molecule has 2 fully saturated rings. The second-order valence-electron chi connectivity index (χ2n) is 10.7. The van der Waals surface area contributed by atoms with Crippen molar-refractivity contribution < 1.29 is 18.1 Å². The first-order chi connectivity index (χ1) is 19.8. The predicted octanol–water partition coefficient (Wildman–Crippen LogP) is 5.40. The van der Waals surface area contributed by atoms with Crippen LogP contribution in [0.4, 0.5) is 14.6 Å². The fourth-order valence-electron chi connectivity index (χ4n) is 5.80. The summed E-state index contributed by atoms with van der Waals surface area (Å²) in [6.45, 7) is 2.67. The molecule has 2 atom stereocenters. The molecular weight excluding hydrogens is 548 g/mol. The standard InChI is InChI=1S/C30H29ClF2N7O/c1-38-11-4-6-20(38)16-41-30-36-28-22(29(37-30)39(2)14-18-10-12-40(15-18)17-34)13-35-27(26(28)33)21-7-3-5-19-8-9-23(32)25(31)24(19)21/h3,5,7-9,13-14,18,20H,4,6,10-12,15-16H2,1-2H3/q+1/t18?,20-/m0/s1. The number of halogens is 3. The maximum atomic E-state index is 16.4.